The van der Waals surface area contributed by atoms with Crippen molar-refractivity contribution in [1.82, 2.24) is 15.0 Å². The molecule has 3 atom stereocenters. The molecule has 240 valence electrons. The van der Waals surface area contributed by atoms with Crippen molar-refractivity contribution in [2.75, 3.05) is 49.5 Å². The number of urea groups is 2. The van der Waals surface area contributed by atoms with Gasteiger partial charge in [-0.2, -0.15) is 0 Å². The Hall–Kier alpha value is -4.98. The normalized spacial score (nSPS) is 18.1. The molecule has 14 nitrogen and oxygen atoms in total. The van der Waals surface area contributed by atoms with Crippen LogP contribution in [0.2, 0.25) is 0 Å². The number of nitrogens with zero attached hydrogens (tertiary/aromatic N) is 3. The van der Waals surface area contributed by atoms with Crippen LogP contribution in [0.5, 0.6) is 17.2 Å². The van der Waals surface area contributed by atoms with E-state index in [0.717, 1.165) is 0 Å². The van der Waals surface area contributed by atoms with Gasteiger partial charge in [0.15, 0.2) is 17.3 Å². The van der Waals surface area contributed by atoms with E-state index in [4.69, 9.17) is 18.7 Å². The summed E-state index contributed by atoms with van der Waals surface area (Å²) < 4.78 is 22.4. The zero-order chi connectivity index (χ0) is 32.2. The molecule has 0 aliphatic carbocycles. The number of carbonyl (C=O) groups excluding carboxylic acids is 3. The van der Waals surface area contributed by atoms with E-state index < -0.39 is 18.2 Å². The van der Waals surface area contributed by atoms with Gasteiger partial charge in [-0.3, -0.25) is 4.79 Å². The number of fused-ring (bicyclic) bond motifs is 2. The number of aromatic nitrogens is 1. The minimum atomic E-state index is -0.516. The molecule has 0 fully saturated rings. The molecule has 0 unspecified atom stereocenters. The number of ether oxygens (including phenoxy) is 3. The Bertz CT molecular complexity index is 1560. The Labute approximate surface area is 260 Å². The summed E-state index contributed by atoms with van der Waals surface area (Å²) in [5, 5.41) is 22.2. The quantitative estimate of drug-likeness (QED) is 0.305. The topological polar surface area (TPSA) is 168 Å². The van der Waals surface area contributed by atoms with Crippen molar-refractivity contribution < 1.29 is 38.2 Å². The molecular weight excluding hydrogens is 584 g/mol. The summed E-state index contributed by atoms with van der Waals surface area (Å²) >= 11 is 0. The number of aliphatic hydroxyl groups excluding tert-OH is 1. The summed E-state index contributed by atoms with van der Waals surface area (Å²) in [6.07, 6.45) is -0.530. The number of benzene rings is 2. The molecule has 2 aromatic carbocycles. The van der Waals surface area contributed by atoms with Crippen molar-refractivity contribution >= 4 is 35.0 Å². The van der Waals surface area contributed by atoms with E-state index in [2.05, 4.69) is 21.1 Å². The van der Waals surface area contributed by atoms with Crippen LogP contribution in [0.25, 0.3) is 0 Å². The van der Waals surface area contributed by atoms with Crippen molar-refractivity contribution in [1.29, 1.82) is 0 Å². The lowest BCUT2D eigenvalue weighted by Gasteiger charge is -2.34. The van der Waals surface area contributed by atoms with Gasteiger partial charge in [0.05, 0.1) is 25.6 Å². The van der Waals surface area contributed by atoms with Crippen molar-refractivity contribution in [2.24, 2.45) is 5.92 Å². The van der Waals surface area contributed by atoms with E-state index in [0.29, 0.717) is 57.9 Å². The monoisotopic (exact) mass is 622 g/mol. The number of hydrogen-bond acceptors (Lipinski definition) is 9. The predicted octanol–water partition coefficient (Wildman–Crippen LogP) is 3.98. The first-order valence-corrected chi connectivity index (χ1v) is 14.6. The molecule has 0 spiro atoms. The molecule has 45 heavy (non-hydrogen) atoms. The third-order valence-corrected chi connectivity index (χ3v) is 7.87. The van der Waals surface area contributed by atoms with Crippen LogP contribution in [-0.4, -0.2) is 83.7 Å². The third-order valence-electron chi connectivity index (χ3n) is 7.87. The zero-order valence-corrected chi connectivity index (χ0v) is 25.9. The number of rotatable bonds is 7. The molecule has 5 amide bonds. The number of likely N-dealkylation sites (N-methyl/N-ethyl adjacent to an activating group) is 1. The largest absolute Gasteiger partial charge is 0.488 e. The Morgan fingerprint density at radius 2 is 1.78 bits per heavy atom. The SMILES string of the molecule is Cc1noc(C)c1NC(=O)Nc1ccc2c(c1)CC(=O)N([C@@H](C)CO)C[C@H](C)[C@H](CN(C)C(=O)Nc1ccc3c(c1)OCO3)O2. The van der Waals surface area contributed by atoms with Crippen LogP contribution in [0.3, 0.4) is 0 Å². The number of aliphatic hydroxyl groups is 1. The molecule has 4 N–H and O–H groups in total. The fraction of sp³-hybridized carbons (Fsp3) is 0.419. The average Bonchev–Trinajstić information content (AvgIpc) is 3.61. The van der Waals surface area contributed by atoms with Crippen LogP contribution in [0.1, 0.15) is 30.9 Å². The summed E-state index contributed by atoms with van der Waals surface area (Å²) in [5.41, 5.74) is 2.57. The van der Waals surface area contributed by atoms with Crippen LogP contribution in [0.15, 0.2) is 40.9 Å². The second-order valence-corrected chi connectivity index (χ2v) is 11.4. The smallest absolute Gasteiger partial charge is 0.323 e. The van der Waals surface area contributed by atoms with E-state index in [1.54, 1.807) is 69.1 Å². The van der Waals surface area contributed by atoms with E-state index in [9.17, 15) is 19.5 Å². The Morgan fingerprint density at radius 1 is 1.07 bits per heavy atom. The van der Waals surface area contributed by atoms with Crippen LogP contribution >= 0.6 is 0 Å². The molecule has 0 radical (unpaired) electrons. The molecule has 1 aromatic heterocycles. The number of aryl methyl sites for hydroxylation is 2. The molecule has 0 saturated heterocycles. The lowest BCUT2D eigenvalue weighted by Crippen LogP contribution is -2.48. The lowest BCUT2D eigenvalue weighted by molar-refractivity contribution is -0.134. The minimum Gasteiger partial charge on any atom is -0.488 e. The van der Waals surface area contributed by atoms with Gasteiger partial charge in [-0.05, 0) is 51.1 Å². The molecular formula is C31H38N6O8. The van der Waals surface area contributed by atoms with Crippen LogP contribution in [-0.2, 0) is 11.2 Å². The number of hydrogen-bond donors (Lipinski definition) is 4. The summed E-state index contributed by atoms with van der Waals surface area (Å²) in [7, 11) is 1.66. The summed E-state index contributed by atoms with van der Waals surface area (Å²) in [6, 6.07) is 8.93. The van der Waals surface area contributed by atoms with Crippen LogP contribution < -0.4 is 30.2 Å². The second kappa shape index (κ2) is 13.3. The first kappa shape index (κ1) is 31.4. The minimum absolute atomic E-state index is 0.0133. The Morgan fingerprint density at radius 3 is 2.49 bits per heavy atom. The highest BCUT2D eigenvalue weighted by Crippen LogP contribution is 2.34. The first-order chi connectivity index (χ1) is 21.5. The summed E-state index contributed by atoms with van der Waals surface area (Å²) in [4.78, 5) is 42.6. The van der Waals surface area contributed by atoms with Gasteiger partial charge in [-0.15, -0.1) is 0 Å². The zero-order valence-electron chi connectivity index (χ0n) is 25.9. The summed E-state index contributed by atoms with van der Waals surface area (Å²) in [6.45, 7) is 7.57. The van der Waals surface area contributed by atoms with Gasteiger partial charge in [-0.1, -0.05) is 12.1 Å². The maximum absolute atomic E-state index is 13.5. The maximum atomic E-state index is 13.5. The highest BCUT2D eigenvalue weighted by Gasteiger charge is 2.32. The molecule has 0 saturated carbocycles. The molecule has 3 heterocycles. The average molecular weight is 623 g/mol. The van der Waals surface area contributed by atoms with Gasteiger partial charge < -0.3 is 49.6 Å². The molecule has 3 aromatic rings. The highest BCUT2D eigenvalue weighted by molar-refractivity contribution is 6.00. The van der Waals surface area contributed by atoms with Gasteiger partial charge in [0.25, 0.3) is 0 Å². The molecule has 14 heteroatoms. The second-order valence-electron chi connectivity index (χ2n) is 11.4. The van der Waals surface area contributed by atoms with E-state index in [1.165, 1.54) is 4.90 Å². The molecule has 2 aliphatic heterocycles. The number of carbonyl (C=O) groups is 3. The molecule has 0 bridgehead atoms. The summed E-state index contributed by atoms with van der Waals surface area (Å²) in [5.74, 6) is 1.69. The molecule has 5 rings (SSSR count). The van der Waals surface area contributed by atoms with E-state index in [-0.39, 0.29) is 44.2 Å². The van der Waals surface area contributed by atoms with Crippen molar-refractivity contribution in [3.05, 3.63) is 53.4 Å². The van der Waals surface area contributed by atoms with Gasteiger partial charge in [-0.25, -0.2) is 9.59 Å². The fourth-order valence-electron chi connectivity index (χ4n) is 5.21. The van der Waals surface area contributed by atoms with Crippen molar-refractivity contribution in [2.45, 2.75) is 46.3 Å². The van der Waals surface area contributed by atoms with Crippen LogP contribution in [0, 0.1) is 19.8 Å². The highest BCUT2D eigenvalue weighted by atomic mass is 16.7. The first-order valence-electron chi connectivity index (χ1n) is 14.6. The fourth-order valence-corrected chi connectivity index (χ4v) is 5.21. The maximum Gasteiger partial charge on any atom is 0.323 e. The van der Waals surface area contributed by atoms with Crippen molar-refractivity contribution in [3.63, 3.8) is 0 Å². The van der Waals surface area contributed by atoms with Crippen LogP contribution in [0.4, 0.5) is 26.7 Å². The Balaban J connectivity index is 1.34. The number of nitrogens with one attached hydrogen (secondary N) is 3. The lowest BCUT2D eigenvalue weighted by atomic mass is 10.0. The number of amides is 5. The van der Waals surface area contributed by atoms with E-state index in [1.807, 2.05) is 6.92 Å². The van der Waals surface area contributed by atoms with Gasteiger partial charge in [0.1, 0.15) is 23.2 Å². The van der Waals surface area contributed by atoms with Crippen molar-refractivity contribution in [3.8, 4) is 17.2 Å². The predicted molar refractivity (Wildman–Crippen MR) is 165 cm³/mol. The standard InChI is InChI=1S/C31H38N6O8/c1-17-13-37(18(2)15-38)28(39)11-21-10-22(32-30(40)34-29-19(3)35-45-20(29)4)6-8-24(21)44-27(17)14-36(5)31(41)33-23-7-9-25-26(12-23)43-16-42-25/h6-10,12,17-18,27,38H,11,13-16H2,1-5H3,(H,33,41)(H2,32,34,40)/t17-,18-,27-/m0/s1. The van der Waals surface area contributed by atoms with Gasteiger partial charge >= 0.3 is 12.1 Å². The Kier molecular flexibility index (Phi) is 9.32. The molecule has 2 aliphatic rings. The van der Waals surface area contributed by atoms with E-state index >= 15 is 0 Å². The third kappa shape index (κ3) is 7.23. The van der Waals surface area contributed by atoms with Gasteiger partial charge in [0.2, 0.25) is 12.7 Å². The number of anilines is 3. The van der Waals surface area contributed by atoms with Gasteiger partial charge in [0, 0.05) is 42.5 Å².